The maximum absolute atomic E-state index is 12.6. The highest BCUT2D eigenvalue weighted by atomic mass is 35.5. The SMILES string of the molecule is Cc1ccc([N+](=O)[O-])c(C)c1COC(=O)[C@H]1[C@H](C=C(Cl)C(F)(F)F)C1(C)C. The molecule has 1 aromatic carbocycles. The normalized spacial score (nSPS) is 21.7. The number of nitrogens with zero attached hydrogens (tertiary/aromatic N) is 1. The monoisotopic (exact) mass is 405 g/mol. The summed E-state index contributed by atoms with van der Waals surface area (Å²) in [5, 5.41) is 9.78. The third kappa shape index (κ3) is 4.26. The van der Waals surface area contributed by atoms with E-state index in [0.717, 1.165) is 11.6 Å². The Bertz CT molecular complexity index is 818. The van der Waals surface area contributed by atoms with Crippen LogP contribution in [0, 0.1) is 41.2 Å². The third-order valence-corrected chi connectivity index (χ3v) is 5.46. The molecular weight excluding hydrogens is 387 g/mol. The summed E-state index contributed by atoms with van der Waals surface area (Å²) in [6.45, 7) is 6.42. The highest BCUT2D eigenvalue weighted by molar-refractivity contribution is 6.30. The molecule has 0 heterocycles. The van der Waals surface area contributed by atoms with Crippen LogP contribution in [0.2, 0.25) is 0 Å². The number of nitro benzene ring substituents is 1. The maximum Gasteiger partial charge on any atom is 0.426 e. The molecule has 0 bridgehead atoms. The molecule has 2 rings (SSSR count). The smallest absolute Gasteiger partial charge is 0.426 e. The van der Waals surface area contributed by atoms with E-state index in [0.29, 0.717) is 11.1 Å². The lowest BCUT2D eigenvalue weighted by Crippen LogP contribution is -2.12. The Kier molecular flexibility index (Phi) is 5.61. The second-order valence-electron chi connectivity index (χ2n) is 7.21. The molecule has 0 radical (unpaired) electrons. The molecule has 27 heavy (non-hydrogen) atoms. The molecule has 2 atom stereocenters. The molecule has 5 nitrogen and oxygen atoms in total. The van der Waals surface area contributed by atoms with E-state index in [1.54, 1.807) is 33.8 Å². The van der Waals surface area contributed by atoms with Gasteiger partial charge < -0.3 is 4.74 Å². The topological polar surface area (TPSA) is 69.4 Å². The van der Waals surface area contributed by atoms with Crippen LogP contribution in [0.5, 0.6) is 0 Å². The zero-order chi connectivity index (χ0) is 20.7. The highest BCUT2D eigenvalue weighted by Gasteiger charge is 2.62. The zero-order valence-electron chi connectivity index (χ0n) is 15.2. The minimum Gasteiger partial charge on any atom is -0.461 e. The first-order valence-electron chi connectivity index (χ1n) is 8.13. The number of aryl methyl sites for hydroxylation is 1. The maximum atomic E-state index is 12.6. The fraction of sp³-hybridized carbons (Fsp3) is 0.500. The Hall–Kier alpha value is -2.09. The average Bonchev–Trinajstić information content (AvgIpc) is 3.06. The van der Waals surface area contributed by atoms with Crippen molar-refractivity contribution in [2.75, 3.05) is 0 Å². The number of nitro groups is 1. The standard InChI is InChI=1S/C18H19ClF3NO4/c1-9-5-6-13(23(25)26)10(2)11(9)8-27-16(24)15-12(17(15,3)4)7-14(19)18(20,21)22/h5-7,12,15H,8H2,1-4H3/t12-,15+/m0/s1. The second kappa shape index (κ2) is 7.14. The number of ether oxygens (including phenoxy) is 1. The molecule has 1 aliphatic carbocycles. The van der Waals surface area contributed by atoms with Crippen LogP contribution in [0.15, 0.2) is 23.2 Å². The summed E-state index contributed by atoms with van der Waals surface area (Å²) < 4.78 is 43.1. The molecule has 148 valence electrons. The van der Waals surface area contributed by atoms with E-state index in [1.807, 2.05) is 0 Å². The molecule has 0 spiro atoms. The largest absolute Gasteiger partial charge is 0.461 e. The molecule has 0 N–H and O–H groups in total. The minimum atomic E-state index is -4.66. The quantitative estimate of drug-likeness (QED) is 0.383. The van der Waals surface area contributed by atoms with Crippen molar-refractivity contribution in [3.8, 4) is 0 Å². The van der Waals surface area contributed by atoms with Crippen LogP contribution in [-0.4, -0.2) is 17.1 Å². The summed E-state index contributed by atoms with van der Waals surface area (Å²) >= 11 is 5.27. The van der Waals surface area contributed by atoms with E-state index in [4.69, 9.17) is 16.3 Å². The van der Waals surface area contributed by atoms with Crippen molar-refractivity contribution in [2.24, 2.45) is 17.3 Å². The fourth-order valence-electron chi connectivity index (χ4n) is 3.22. The van der Waals surface area contributed by atoms with Gasteiger partial charge in [0.2, 0.25) is 0 Å². The van der Waals surface area contributed by atoms with Crippen LogP contribution in [0.3, 0.4) is 0 Å². The molecule has 0 saturated heterocycles. The van der Waals surface area contributed by atoms with E-state index in [9.17, 15) is 28.1 Å². The van der Waals surface area contributed by atoms with Crippen LogP contribution in [0.25, 0.3) is 0 Å². The van der Waals surface area contributed by atoms with Gasteiger partial charge in [-0.1, -0.05) is 37.6 Å². The van der Waals surface area contributed by atoms with Gasteiger partial charge >= 0.3 is 12.1 Å². The molecule has 9 heteroatoms. The minimum absolute atomic E-state index is 0.0869. The van der Waals surface area contributed by atoms with E-state index in [-0.39, 0.29) is 12.3 Å². The number of alkyl halides is 3. The van der Waals surface area contributed by atoms with Crippen molar-refractivity contribution in [3.63, 3.8) is 0 Å². The van der Waals surface area contributed by atoms with Crippen molar-refractivity contribution in [2.45, 2.75) is 40.5 Å². The predicted octanol–water partition coefficient (Wildman–Crippen LogP) is 5.21. The van der Waals surface area contributed by atoms with E-state index >= 15 is 0 Å². The van der Waals surface area contributed by atoms with Crippen molar-refractivity contribution in [1.29, 1.82) is 0 Å². The molecule has 1 saturated carbocycles. The first kappa shape index (κ1) is 21.2. The lowest BCUT2D eigenvalue weighted by Gasteiger charge is -2.11. The van der Waals surface area contributed by atoms with Crippen molar-refractivity contribution in [1.82, 2.24) is 0 Å². The molecular formula is C18H19ClF3NO4. The van der Waals surface area contributed by atoms with Crippen molar-refractivity contribution < 1.29 is 27.6 Å². The number of rotatable bonds is 5. The van der Waals surface area contributed by atoms with Crippen LogP contribution < -0.4 is 0 Å². The zero-order valence-corrected chi connectivity index (χ0v) is 15.9. The van der Waals surface area contributed by atoms with Crippen LogP contribution >= 0.6 is 11.6 Å². The number of benzene rings is 1. The van der Waals surface area contributed by atoms with Gasteiger partial charge in [0, 0.05) is 17.2 Å². The number of esters is 1. The second-order valence-corrected chi connectivity index (χ2v) is 7.61. The van der Waals surface area contributed by atoms with Gasteiger partial charge in [-0.3, -0.25) is 14.9 Å². The number of hydrogen-bond acceptors (Lipinski definition) is 4. The molecule has 1 aromatic rings. The summed E-state index contributed by atoms with van der Waals surface area (Å²) in [6.07, 6.45) is -3.82. The Morgan fingerprint density at radius 3 is 2.48 bits per heavy atom. The summed E-state index contributed by atoms with van der Waals surface area (Å²) in [6, 6.07) is 2.93. The Labute approximate surface area is 159 Å². The first-order chi connectivity index (χ1) is 12.3. The van der Waals surface area contributed by atoms with Crippen molar-refractivity contribution in [3.05, 3.63) is 50.0 Å². The molecule has 0 aliphatic heterocycles. The van der Waals surface area contributed by atoms with Crippen LogP contribution in [0.4, 0.5) is 18.9 Å². The first-order valence-corrected chi connectivity index (χ1v) is 8.51. The summed E-state index contributed by atoms with van der Waals surface area (Å²) in [5.74, 6) is -2.10. The molecule has 1 aliphatic rings. The Morgan fingerprint density at radius 1 is 1.37 bits per heavy atom. The van der Waals surface area contributed by atoms with Crippen LogP contribution in [-0.2, 0) is 16.1 Å². The number of carbonyl (C=O) groups is 1. The predicted molar refractivity (Wildman–Crippen MR) is 93.1 cm³/mol. The third-order valence-electron chi connectivity index (χ3n) is 5.12. The fourth-order valence-corrected chi connectivity index (χ4v) is 3.36. The van der Waals surface area contributed by atoms with Crippen LogP contribution in [0.1, 0.15) is 30.5 Å². The molecule has 1 fully saturated rings. The Balaban J connectivity index is 2.14. The van der Waals surface area contributed by atoms with Gasteiger partial charge in [0.25, 0.3) is 5.69 Å². The van der Waals surface area contributed by atoms with Gasteiger partial charge in [0.05, 0.1) is 10.8 Å². The van der Waals surface area contributed by atoms with Gasteiger partial charge in [-0.25, -0.2) is 0 Å². The number of hydrogen-bond donors (Lipinski definition) is 0. The Morgan fingerprint density at radius 2 is 1.96 bits per heavy atom. The van der Waals surface area contributed by atoms with E-state index < -0.39 is 39.4 Å². The molecule has 0 amide bonds. The highest BCUT2D eigenvalue weighted by Crippen LogP contribution is 2.60. The van der Waals surface area contributed by atoms with Gasteiger partial charge in [0.15, 0.2) is 0 Å². The van der Waals surface area contributed by atoms with E-state index in [2.05, 4.69) is 0 Å². The number of halogens is 4. The van der Waals surface area contributed by atoms with Gasteiger partial charge in [-0.2, -0.15) is 13.2 Å². The summed E-state index contributed by atoms with van der Waals surface area (Å²) in [5.41, 5.74) is 0.819. The van der Waals surface area contributed by atoms with E-state index in [1.165, 1.54) is 6.07 Å². The molecule has 0 unspecified atom stereocenters. The van der Waals surface area contributed by atoms with Gasteiger partial charge in [-0.15, -0.1) is 0 Å². The lowest BCUT2D eigenvalue weighted by molar-refractivity contribution is -0.385. The summed E-state index contributed by atoms with van der Waals surface area (Å²) in [7, 11) is 0. The average molecular weight is 406 g/mol. The molecule has 0 aromatic heterocycles. The van der Waals surface area contributed by atoms with Crippen molar-refractivity contribution >= 4 is 23.3 Å². The van der Waals surface area contributed by atoms with Gasteiger partial charge in [0.1, 0.15) is 11.6 Å². The number of carbonyl (C=O) groups excluding carboxylic acids is 1. The lowest BCUT2D eigenvalue weighted by atomic mass is 10.0. The number of allylic oxidation sites excluding steroid dienone is 2. The van der Waals surface area contributed by atoms with Gasteiger partial charge in [-0.05, 0) is 30.7 Å². The summed E-state index contributed by atoms with van der Waals surface area (Å²) in [4.78, 5) is 22.9.